The van der Waals surface area contributed by atoms with Crippen molar-refractivity contribution in [1.82, 2.24) is 10.2 Å². The van der Waals surface area contributed by atoms with Crippen molar-refractivity contribution in [1.29, 1.82) is 0 Å². The zero-order valence-corrected chi connectivity index (χ0v) is 12.6. The van der Waals surface area contributed by atoms with Crippen molar-refractivity contribution < 1.29 is 26.4 Å². The monoisotopic (exact) mass is 328 g/mol. The molecule has 0 spiro atoms. The van der Waals surface area contributed by atoms with E-state index in [1.54, 1.807) is 6.92 Å². The van der Waals surface area contributed by atoms with E-state index < -0.39 is 34.0 Å². The maximum atomic E-state index is 12.8. The molecule has 9 heteroatoms. The molecule has 2 fully saturated rings. The summed E-state index contributed by atoms with van der Waals surface area (Å²) in [7, 11) is -3.17. The molecule has 1 unspecified atom stereocenters. The van der Waals surface area contributed by atoms with Crippen LogP contribution in [0.1, 0.15) is 26.2 Å². The molecule has 1 aliphatic carbocycles. The normalized spacial score (nSPS) is 27.8. The second-order valence-electron chi connectivity index (χ2n) is 5.92. The number of nitrogens with zero attached hydrogens (tertiary/aromatic N) is 1. The number of nitrogens with one attached hydrogen (secondary N) is 1. The van der Waals surface area contributed by atoms with Crippen LogP contribution in [0.3, 0.4) is 0 Å². The van der Waals surface area contributed by atoms with Gasteiger partial charge in [-0.1, -0.05) is 0 Å². The predicted molar refractivity (Wildman–Crippen MR) is 70.6 cm³/mol. The van der Waals surface area contributed by atoms with E-state index in [0.29, 0.717) is 6.42 Å². The number of hydrogen-bond donors (Lipinski definition) is 1. The van der Waals surface area contributed by atoms with Crippen molar-refractivity contribution in [3.8, 4) is 0 Å². The van der Waals surface area contributed by atoms with Crippen LogP contribution in [0.4, 0.5) is 18.0 Å². The largest absolute Gasteiger partial charge is 0.396 e. The van der Waals surface area contributed by atoms with Crippen LogP contribution in [0.2, 0.25) is 0 Å². The maximum Gasteiger partial charge on any atom is 0.396 e. The van der Waals surface area contributed by atoms with Gasteiger partial charge in [0.1, 0.15) is 0 Å². The maximum absolute atomic E-state index is 12.8. The van der Waals surface area contributed by atoms with Crippen molar-refractivity contribution >= 4 is 15.9 Å². The summed E-state index contributed by atoms with van der Waals surface area (Å²) < 4.78 is 61.4. The average molecular weight is 328 g/mol. The van der Waals surface area contributed by atoms with Gasteiger partial charge in [-0.25, -0.2) is 13.2 Å². The van der Waals surface area contributed by atoms with Crippen LogP contribution in [0.15, 0.2) is 0 Å². The fourth-order valence-electron chi connectivity index (χ4n) is 2.43. The first-order valence-electron chi connectivity index (χ1n) is 6.88. The number of rotatable bonds is 2. The highest BCUT2D eigenvalue weighted by Crippen LogP contribution is 2.57. The van der Waals surface area contributed by atoms with E-state index in [0.717, 1.165) is 0 Å². The topological polar surface area (TPSA) is 66.5 Å². The molecule has 21 heavy (non-hydrogen) atoms. The van der Waals surface area contributed by atoms with Crippen molar-refractivity contribution in [2.45, 2.75) is 38.4 Å². The van der Waals surface area contributed by atoms with Gasteiger partial charge in [-0.2, -0.15) is 13.2 Å². The lowest BCUT2D eigenvalue weighted by atomic mass is 10.1. The quantitative estimate of drug-likeness (QED) is 0.836. The SMILES string of the molecule is CC1CCS(=O)(=O)CCN1C(=O)NCC1(C(F)(F)F)CC1. The molecule has 0 radical (unpaired) electrons. The molecule has 0 bridgehead atoms. The zero-order chi connectivity index (χ0) is 15.9. The van der Waals surface area contributed by atoms with E-state index in [2.05, 4.69) is 5.32 Å². The molecular weight excluding hydrogens is 309 g/mol. The molecule has 1 atom stereocenters. The number of carbonyl (C=O) groups is 1. The number of sulfone groups is 1. The second-order valence-corrected chi connectivity index (χ2v) is 8.22. The van der Waals surface area contributed by atoms with E-state index in [-0.39, 0.29) is 36.9 Å². The Morgan fingerprint density at radius 1 is 1.33 bits per heavy atom. The molecule has 1 N–H and O–H groups in total. The Hall–Kier alpha value is -0.990. The summed E-state index contributed by atoms with van der Waals surface area (Å²) in [5.74, 6) is -0.139. The highest BCUT2D eigenvalue weighted by Gasteiger charge is 2.63. The highest BCUT2D eigenvalue weighted by molar-refractivity contribution is 7.91. The number of amides is 2. The van der Waals surface area contributed by atoms with Gasteiger partial charge in [0.15, 0.2) is 9.84 Å². The number of hydrogen-bond acceptors (Lipinski definition) is 3. The van der Waals surface area contributed by atoms with Crippen molar-refractivity contribution in [3.63, 3.8) is 0 Å². The van der Waals surface area contributed by atoms with Crippen LogP contribution in [-0.2, 0) is 9.84 Å². The van der Waals surface area contributed by atoms with Crippen molar-refractivity contribution in [3.05, 3.63) is 0 Å². The average Bonchev–Trinajstić information content (AvgIpc) is 3.14. The van der Waals surface area contributed by atoms with Crippen molar-refractivity contribution in [2.75, 3.05) is 24.6 Å². The van der Waals surface area contributed by atoms with E-state index in [4.69, 9.17) is 0 Å². The number of alkyl halides is 3. The first kappa shape index (κ1) is 16.4. The van der Waals surface area contributed by atoms with E-state index >= 15 is 0 Å². The molecule has 2 amide bonds. The van der Waals surface area contributed by atoms with Crippen LogP contribution in [-0.4, -0.2) is 56.2 Å². The summed E-state index contributed by atoms with van der Waals surface area (Å²) in [6.45, 7) is 1.29. The lowest BCUT2D eigenvalue weighted by Gasteiger charge is -2.28. The molecule has 0 aromatic heterocycles. The van der Waals surface area contributed by atoms with Gasteiger partial charge in [-0.05, 0) is 26.2 Å². The lowest BCUT2D eigenvalue weighted by Crippen LogP contribution is -2.48. The predicted octanol–water partition coefficient (Wildman–Crippen LogP) is 1.55. The number of halogens is 3. The first-order chi connectivity index (χ1) is 9.56. The molecule has 1 saturated carbocycles. The number of carbonyl (C=O) groups excluding carboxylic acids is 1. The Kier molecular flexibility index (Phi) is 4.16. The van der Waals surface area contributed by atoms with E-state index in [1.807, 2.05) is 0 Å². The fraction of sp³-hybridized carbons (Fsp3) is 0.917. The van der Waals surface area contributed by atoms with E-state index in [9.17, 15) is 26.4 Å². The van der Waals surface area contributed by atoms with Gasteiger partial charge in [0, 0.05) is 19.1 Å². The molecule has 1 heterocycles. The molecule has 2 aliphatic rings. The van der Waals surface area contributed by atoms with Gasteiger partial charge in [-0.3, -0.25) is 0 Å². The van der Waals surface area contributed by atoms with Crippen LogP contribution >= 0.6 is 0 Å². The Balaban J connectivity index is 1.94. The number of urea groups is 1. The third kappa shape index (κ3) is 3.61. The third-order valence-corrected chi connectivity index (χ3v) is 5.98. The molecule has 5 nitrogen and oxygen atoms in total. The smallest absolute Gasteiger partial charge is 0.337 e. The van der Waals surface area contributed by atoms with Crippen LogP contribution in [0, 0.1) is 5.41 Å². The first-order valence-corrected chi connectivity index (χ1v) is 8.70. The highest BCUT2D eigenvalue weighted by atomic mass is 32.2. The second kappa shape index (κ2) is 5.33. The van der Waals surface area contributed by atoms with Crippen LogP contribution in [0.5, 0.6) is 0 Å². The molecule has 122 valence electrons. The molecule has 0 aromatic carbocycles. The zero-order valence-electron chi connectivity index (χ0n) is 11.7. The summed E-state index contributed by atoms with van der Waals surface area (Å²) in [5, 5.41) is 2.32. The lowest BCUT2D eigenvalue weighted by molar-refractivity contribution is -0.184. The van der Waals surface area contributed by atoms with E-state index in [1.165, 1.54) is 4.90 Å². The molecule has 1 saturated heterocycles. The van der Waals surface area contributed by atoms with Gasteiger partial charge < -0.3 is 10.2 Å². The van der Waals surface area contributed by atoms with Gasteiger partial charge in [0.2, 0.25) is 0 Å². The minimum Gasteiger partial charge on any atom is -0.337 e. The van der Waals surface area contributed by atoms with Gasteiger partial charge in [-0.15, -0.1) is 0 Å². The Labute approximate surface area is 121 Å². The molecular formula is C12H19F3N2O3S. The Bertz CT molecular complexity index is 514. The van der Waals surface area contributed by atoms with Gasteiger partial charge in [0.05, 0.1) is 16.9 Å². The van der Waals surface area contributed by atoms with Crippen LogP contribution in [0.25, 0.3) is 0 Å². The Morgan fingerprint density at radius 2 is 1.95 bits per heavy atom. The Morgan fingerprint density at radius 3 is 2.48 bits per heavy atom. The summed E-state index contributed by atoms with van der Waals surface area (Å²) in [6, 6.07) is -0.918. The summed E-state index contributed by atoms with van der Waals surface area (Å²) >= 11 is 0. The summed E-state index contributed by atoms with van der Waals surface area (Å²) in [5.41, 5.74) is -1.79. The standard InChI is InChI=1S/C12H19F3N2O3S/c1-9-2-6-21(19,20)7-5-17(9)10(18)16-8-11(3-4-11)12(13,14)15/h9H,2-8H2,1H3,(H,16,18). The molecule has 1 aliphatic heterocycles. The minimum atomic E-state index is -4.31. The van der Waals surface area contributed by atoms with Crippen molar-refractivity contribution in [2.24, 2.45) is 5.41 Å². The fourth-order valence-corrected chi connectivity index (χ4v) is 3.80. The van der Waals surface area contributed by atoms with Gasteiger partial charge >= 0.3 is 12.2 Å². The summed E-state index contributed by atoms with van der Waals surface area (Å²) in [4.78, 5) is 13.3. The molecule has 2 rings (SSSR count). The molecule has 0 aromatic rings. The summed E-state index contributed by atoms with van der Waals surface area (Å²) in [6.07, 6.45) is -3.95. The minimum absolute atomic E-state index is 0.00440. The third-order valence-electron chi connectivity index (χ3n) is 4.32. The van der Waals surface area contributed by atoms with Crippen LogP contribution < -0.4 is 5.32 Å². The van der Waals surface area contributed by atoms with Gasteiger partial charge in [0.25, 0.3) is 0 Å².